The molecular weight excluding hydrogens is 363 g/mol. The van der Waals surface area contributed by atoms with Crippen molar-refractivity contribution in [1.29, 1.82) is 0 Å². The number of carbonyl (C=O) groups is 2. The quantitative estimate of drug-likeness (QED) is 0.684. The Balaban J connectivity index is 1.92. The van der Waals surface area contributed by atoms with Gasteiger partial charge in [0.25, 0.3) is 5.91 Å². The highest BCUT2D eigenvalue weighted by atomic mass is 19.1. The summed E-state index contributed by atoms with van der Waals surface area (Å²) in [6.45, 7) is 4.36. The third-order valence-corrected chi connectivity index (χ3v) is 4.28. The number of hydrogen-bond donors (Lipinski definition) is 1. The summed E-state index contributed by atoms with van der Waals surface area (Å²) in [4.78, 5) is 37.0. The standard InChI is InChI=1S/C21H19FN2O4/c1-3-24-12-17(19(25)16-11-14(22)7-10-18(16)24)20(26)23-15-8-5-13(6-9-15)21(27)28-4-2/h5-12H,3-4H2,1-2H3,(H,23,26). The lowest BCUT2D eigenvalue weighted by atomic mass is 10.1. The van der Waals surface area contributed by atoms with Gasteiger partial charge in [0.1, 0.15) is 11.4 Å². The molecular formula is C21H19FN2O4. The molecule has 0 unspecified atom stereocenters. The molecule has 1 heterocycles. The molecule has 7 heteroatoms. The summed E-state index contributed by atoms with van der Waals surface area (Å²) in [5, 5.41) is 2.78. The number of ether oxygens (including phenoxy) is 1. The fourth-order valence-corrected chi connectivity index (χ4v) is 2.90. The Labute approximate surface area is 160 Å². The van der Waals surface area contributed by atoms with E-state index >= 15 is 0 Å². The summed E-state index contributed by atoms with van der Waals surface area (Å²) in [6.07, 6.45) is 1.46. The molecule has 3 rings (SSSR count). The molecule has 0 radical (unpaired) electrons. The van der Waals surface area contributed by atoms with Gasteiger partial charge >= 0.3 is 5.97 Å². The van der Waals surface area contributed by atoms with Gasteiger partial charge in [-0.05, 0) is 56.3 Å². The summed E-state index contributed by atoms with van der Waals surface area (Å²) >= 11 is 0. The Morgan fingerprint density at radius 2 is 1.82 bits per heavy atom. The average Bonchev–Trinajstić information content (AvgIpc) is 2.69. The highest BCUT2D eigenvalue weighted by Gasteiger charge is 2.16. The molecule has 0 bridgehead atoms. The summed E-state index contributed by atoms with van der Waals surface area (Å²) in [7, 11) is 0. The van der Waals surface area contributed by atoms with Gasteiger partial charge in [0.15, 0.2) is 0 Å². The van der Waals surface area contributed by atoms with Crippen molar-refractivity contribution in [2.45, 2.75) is 20.4 Å². The van der Waals surface area contributed by atoms with Gasteiger partial charge in [0.2, 0.25) is 5.43 Å². The van der Waals surface area contributed by atoms with Crippen LogP contribution in [-0.2, 0) is 11.3 Å². The molecule has 1 amide bonds. The third-order valence-electron chi connectivity index (χ3n) is 4.28. The number of carbonyl (C=O) groups excluding carboxylic acids is 2. The van der Waals surface area contributed by atoms with Crippen molar-refractivity contribution >= 4 is 28.5 Å². The molecule has 0 fully saturated rings. The van der Waals surface area contributed by atoms with E-state index in [9.17, 15) is 18.8 Å². The number of aryl methyl sites for hydroxylation is 1. The van der Waals surface area contributed by atoms with Crippen LogP contribution in [0.1, 0.15) is 34.6 Å². The zero-order chi connectivity index (χ0) is 20.3. The Bertz CT molecular complexity index is 1100. The van der Waals surface area contributed by atoms with Gasteiger partial charge in [0, 0.05) is 23.8 Å². The zero-order valence-corrected chi connectivity index (χ0v) is 15.5. The van der Waals surface area contributed by atoms with Crippen LogP contribution in [0.3, 0.4) is 0 Å². The Morgan fingerprint density at radius 3 is 2.46 bits per heavy atom. The number of pyridine rings is 1. The first-order valence-electron chi connectivity index (χ1n) is 8.85. The van der Waals surface area contributed by atoms with E-state index in [4.69, 9.17) is 4.74 Å². The van der Waals surface area contributed by atoms with Crippen LogP contribution in [0.5, 0.6) is 0 Å². The molecule has 1 N–H and O–H groups in total. The van der Waals surface area contributed by atoms with E-state index in [0.717, 1.165) is 6.07 Å². The number of rotatable bonds is 5. The Morgan fingerprint density at radius 1 is 1.11 bits per heavy atom. The van der Waals surface area contributed by atoms with Crippen molar-refractivity contribution < 1.29 is 18.7 Å². The van der Waals surface area contributed by atoms with Crippen molar-refractivity contribution in [3.8, 4) is 0 Å². The normalized spacial score (nSPS) is 10.7. The van der Waals surface area contributed by atoms with Gasteiger partial charge in [-0.1, -0.05) is 0 Å². The number of hydrogen-bond acceptors (Lipinski definition) is 4. The van der Waals surface area contributed by atoms with Gasteiger partial charge in [-0.25, -0.2) is 9.18 Å². The van der Waals surface area contributed by atoms with E-state index in [0.29, 0.717) is 23.3 Å². The van der Waals surface area contributed by atoms with Crippen LogP contribution in [-0.4, -0.2) is 23.1 Å². The predicted octanol–water partition coefficient (Wildman–Crippen LogP) is 3.59. The molecule has 0 atom stereocenters. The molecule has 0 spiro atoms. The lowest BCUT2D eigenvalue weighted by Crippen LogP contribution is -2.24. The lowest BCUT2D eigenvalue weighted by Gasteiger charge is -2.12. The summed E-state index contributed by atoms with van der Waals surface area (Å²) in [6, 6.07) is 10.1. The minimum absolute atomic E-state index is 0.0885. The first-order chi connectivity index (χ1) is 13.4. The maximum atomic E-state index is 13.6. The van der Waals surface area contributed by atoms with Crippen LogP contribution >= 0.6 is 0 Å². The topological polar surface area (TPSA) is 77.4 Å². The predicted molar refractivity (Wildman–Crippen MR) is 104 cm³/mol. The highest BCUT2D eigenvalue weighted by Crippen LogP contribution is 2.16. The molecule has 0 aliphatic heterocycles. The van der Waals surface area contributed by atoms with Crippen molar-refractivity contribution in [3.63, 3.8) is 0 Å². The summed E-state index contributed by atoms with van der Waals surface area (Å²) in [5.41, 5.74) is 0.702. The van der Waals surface area contributed by atoms with Crippen molar-refractivity contribution in [2.75, 3.05) is 11.9 Å². The van der Waals surface area contributed by atoms with Gasteiger partial charge in [0.05, 0.1) is 17.7 Å². The van der Waals surface area contributed by atoms with Crippen molar-refractivity contribution in [2.24, 2.45) is 0 Å². The highest BCUT2D eigenvalue weighted by molar-refractivity contribution is 6.06. The monoisotopic (exact) mass is 382 g/mol. The second kappa shape index (κ2) is 8.04. The van der Waals surface area contributed by atoms with E-state index in [1.165, 1.54) is 30.5 Å². The van der Waals surface area contributed by atoms with E-state index < -0.39 is 23.1 Å². The molecule has 6 nitrogen and oxygen atoms in total. The Hall–Kier alpha value is -3.48. The first-order valence-corrected chi connectivity index (χ1v) is 8.85. The van der Waals surface area contributed by atoms with Gasteiger partial charge in [-0.2, -0.15) is 0 Å². The molecule has 0 saturated heterocycles. The number of anilines is 1. The second-order valence-electron chi connectivity index (χ2n) is 6.07. The fourth-order valence-electron chi connectivity index (χ4n) is 2.90. The number of esters is 1. The molecule has 0 aliphatic carbocycles. The number of amides is 1. The first kappa shape index (κ1) is 19.3. The van der Waals surface area contributed by atoms with Crippen LogP contribution in [0, 0.1) is 5.82 Å². The summed E-state index contributed by atoms with van der Waals surface area (Å²) < 4.78 is 20.2. The summed E-state index contributed by atoms with van der Waals surface area (Å²) in [5.74, 6) is -1.61. The van der Waals surface area contributed by atoms with E-state index in [1.807, 2.05) is 6.92 Å². The van der Waals surface area contributed by atoms with Gasteiger partial charge in [-0.3, -0.25) is 9.59 Å². The molecule has 28 heavy (non-hydrogen) atoms. The second-order valence-corrected chi connectivity index (χ2v) is 6.07. The average molecular weight is 382 g/mol. The smallest absolute Gasteiger partial charge is 0.338 e. The van der Waals surface area contributed by atoms with Crippen molar-refractivity contribution in [1.82, 2.24) is 4.57 Å². The van der Waals surface area contributed by atoms with Crippen LogP contribution in [0.2, 0.25) is 0 Å². The molecule has 1 aromatic heterocycles. The van der Waals surface area contributed by atoms with Crippen molar-refractivity contribution in [3.05, 3.63) is 75.8 Å². The molecule has 2 aromatic carbocycles. The maximum Gasteiger partial charge on any atom is 0.338 e. The number of nitrogens with zero attached hydrogens (tertiary/aromatic N) is 1. The number of halogens is 1. The van der Waals surface area contributed by atoms with E-state index in [2.05, 4.69) is 5.32 Å². The van der Waals surface area contributed by atoms with Crippen LogP contribution in [0.15, 0.2) is 53.5 Å². The lowest BCUT2D eigenvalue weighted by molar-refractivity contribution is 0.0526. The van der Waals surface area contributed by atoms with Gasteiger partial charge < -0.3 is 14.6 Å². The number of nitrogens with one attached hydrogen (secondary N) is 1. The van der Waals surface area contributed by atoms with E-state index in [1.54, 1.807) is 23.6 Å². The fraction of sp³-hybridized carbons (Fsp3) is 0.190. The van der Waals surface area contributed by atoms with Crippen LogP contribution in [0.25, 0.3) is 10.9 Å². The number of fused-ring (bicyclic) bond motifs is 1. The number of aromatic nitrogens is 1. The van der Waals surface area contributed by atoms with E-state index in [-0.39, 0.29) is 17.6 Å². The van der Waals surface area contributed by atoms with Crippen LogP contribution in [0.4, 0.5) is 10.1 Å². The SMILES string of the molecule is CCOC(=O)c1ccc(NC(=O)c2cn(CC)c3ccc(F)cc3c2=O)cc1. The zero-order valence-electron chi connectivity index (χ0n) is 15.5. The molecule has 3 aromatic rings. The van der Waals surface area contributed by atoms with Crippen LogP contribution < -0.4 is 10.7 Å². The third kappa shape index (κ3) is 3.78. The minimum atomic E-state index is -0.609. The molecule has 0 saturated carbocycles. The van der Waals surface area contributed by atoms with Gasteiger partial charge in [-0.15, -0.1) is 0 Å². The maximum absolute atomic E-state index is 13.6. The largest absolute Gasteiger partial charge is 0.462 e. The Kier molecular flexibility index (Phi) is 5.54. The minimum Gasteiger partial charge on any atom is -0.462 e. The molecule has 144 valence electrons. The molecule has 0 aliphatic rings. The number of benzene rings is 2.